The Kier molecular flexibility index (Phi) is 6.05. The normalized spacial score (nSPS) is 11.3. The number of hydrogen-bond donors (Lipinski definition) is 2. The Morgan fingerprint density at radius 2 is 1.83 bits per heavy atom. The van der Waals surface area contributed by atoms with Gasteiger partial charge in [0, 0.05) is 24.8 Å². The van der Waals surface area contributed by atoms with Gasteiger partial charge in [-0.1, -0.05) is 27.7 Å². The van der Waals surface area contributed by atoms with Crippen LogP contribution in [0.4, 0.5) is 10.2 Å². The van der Waals surface area contributed by atoms with Crippen molar-refractivity contribution >= 4 is 5.82 Å². The van der Waals surface area contributed by atoms with Gasteiger partial charge in [-0.2, -0.15) is 0 Å². The predicted molar refractivity (Wildman–Crippen MR) is 74.1 cm³/mol. The lowest BCUT2D eigenvalue weighted by Crippen LogP contribution is -2.20. The van der Waals surface area contributed by atoms with E-state index in [1.807, 2.05) is 0 Å². The summed E-state index contributed by atoms with van der Waals surface area (Å²) in [7, 11) is 0. The molecular formula is C14H24FN3. The van der Waals surface area contributed by atoms with Gasteiger partial charge >= 0.3 is 0 Å². The average molecular weight is 253 g/mol. The van der Waals surface area contributed by atoms with Crippen molar-refractivity contribution in [3.8, 4) is 0 Å². The van der Waals surface area contributed by atoms with Crippen LogP contribution in [0.25, 0.3) is 0 Å². The molecule has 3 nitrogen and oxygen atoms in total. The number of rotatable bonds is 7. The van der Waals surface area contributed by atoms with Crippen molar-refractivity contribution in [2.45, 2.75) is 34.2 Å². The van der Waals surface area contributed by atoms with Crippen LogP contribution in [-0.2, 0) is 6.54 Å². The molecule has 1 aromatic heterocycles. The summed E-state index contributed by atoms with van der Waals surface area (Å²) in [4.78, 5) is 4.04. The Morgan fingerprint density at radius 3 is 2.44 bits per heavy atom. The maximum Gasteiger partial charge on any atom is 0.169 e. The second-order valence-corrected chi connectivity index (χ2v) is 5.43. The first-order valence-electron chi connectivity index (χ1n) is 6.58. The fourth-order valence-corrected chi connectivity index (χ4v) is 1.54. The second kappa shape index (κ2) is 7.31. The van der Waals surface area contributed by atoms with Gasteiger partial charge in [-0.25, -0.2) is 9.37 Å². The third kappa shape index (κ3) is 5.00. The Bertz CT molecular complexity index is 364. The van der Waals surface area contributed by atoms with E-state index in [1.165, 1.54) is 0 Å². The zero-order chi connectivity index (χ0) is 13.5. The first-order chi connectivity index (χ1) is 8.50. The molecule has 0 radical (unpaired) electrons. The number of pyridine rings is 1. The first-order valence-corrected chi connectivity index (χ1v) is 6.58. The molecule has 0 amide bonds. The minimum Gasteiger partial charge on any atom is -0.367 e. The summed E-state index contributed by atoms with van der Waals surface area (Å²) < 4.78 is 14.1. The molecule has 0 unspecified atom stereocenters. The van der Waals surface area contributed by atoms with Gasteiger partial charge in [0.1, 0.15) is 0 Å². The van der Waals surface area contributed by atoms with Gasteiger partial charge < -0.3 is 10.6 Å². The molecule has 0 aromatic carbocycles. The molecule has 1 aromatic rings. The van der Waals surface area contributed by atoms with E-state index in [-0.39, 0.29) is 5.82 Å². The van der Waals surface area contributed by atoms with E-state index in [0.717, 1.165) is 13.1 Å². The summed E-state index contributed by atoms with van der Waals surface area (Å²) in [5.74, 6) is 1.14. The van der Waals surface area contributed by atoms with Crippen LogP contribution in [0.5, 0.6) is 0 Å². The number of hydrogen-bond acceptors (Lipinski definition) is 3. The molecule has 18 heavy (non-hydrogen) atoms. The van der Waals surface area contributed by atoms with Crippen LogP contribution in [0.3, 0.4) is 0 Å². The summed E-state index contributed by atoms with van der Waals surface area (Å²) in [5.41, 5.74) is 0.664. The molecular weight excluding hydrogens is 229 g/mol. The number of halogens is 1. The van der Waals surface area contributed by atoms with Crippen molar-refractivity contribution in [2.75, 3.05) is 18.4 Å². The van der Waals surface area contributed by atoms with Crippen molar-refractivity contribution < 1.29 is 4.39 Å². The first kappa shape index (κ1) is 14.9. The monoisotopic (exact) mass is 253 g/mol. The minimum absolute atomic E-state index is 0.241. The molecule has 1 heterocycles. The quantitative estimate of drug-likeness (QED) is 0.784. The standard InChI is InChI=1S/C14H24FN3/c1-10(2)7-16-9-12-5-6-17-14(13(12)15)18-8-11(3)4/h5-6,10-11,16H,7-9H2,1-4H3,(H,17,18). The maximum atomic E-state index is 14.1. The minimum atomic E-state index is -0.241. The van der Waals surface area contributed by atoms with E-state index in [2.05, 4.69) is 43.3 Å². The molecule has 0 fully saturated rings. The highest BCUT2D eigenvalue weighted by atomic mass is 19.1. The topological polar surface area (TPSA) is 37.0 Å². The van der Waals surface area contributed by atoms with E-state index < -0.39 is 0 Å². The van der Waals surface area contributed by atoms with Crippen molar-refractivity contribution in [2.24, 2.45) is 11.8 Å². The zero-order valence-corrected chi connectivity index (χ0v) is 11.8. The molecule has 0 aliphatic rings. The average Bonchev–Trinajstić information content (AvgIpc) is 2.29. The fourth-order valence-electron chi connectivity index (χ4n) is 1.54. The largest absolute Gasteiger partial charge is 0.367 e. The van der Waals surface area contributed by atoms with Crippen LogP contribution < -0.4 is 10.6 Å². The number of aromatic nitrogens is 1. The van der Waals surface area contributed by atoms with Crippen molar-refractivity contribution in [3.63, 3.8) is 0 Å². The van der Waals surface area contributed by atoms with Crippen LogP contribution >= 0.6 is 0 Å². The Morgan fingerprint density at radius 1 is 1.17 bits per heavy atom. The van der Waals surface area contributed by atoms with Gasteiger partial charge in [-0.15, -0.1) is 0 Å². The molecule has 0 aliphatic carbocycles. The molecule has 0 bridgehead atoms. The SMILES string of the molecule is CC(C)CNCc1ccnc(NCC(C)C)c1F. The van der Waals surface area contributed by atoms with Gasteiger partial charge in [0.05, 0.1) is 0 Å². The highest BCUT2D eigenvalue weighted by Gasteiger charge is 2.09. The number of anilines is 1. The van der Waals surface area contributed by atoms with Crippen LogP contribution in [0.2, 0.25) is 0 Å². The van der Waals surface area contributed by atoms with E-state index in [0.29, 0.717) is 29.8 Å². The van der Waals surface area contributed by atoms with Gasteiger partial charge in [0.25, 0.3) is 0 Å². The molecule has 2 N–H and O–H groups in total. The Labute approximate surface area is 109 Å². The molecule has 0 atom stereocenters. The predicted octanol–water partition coefficient (Wildman–Crippen LogP) is 3.03. The number of nitrogens with zero attached hydrogens (tertiary/aromatic N) is 1. The zero-order valence-electron chi connectivity index (χ0n) is 11.8. The van der Waals surface area contributed by atoms with E-state index in [9.17, 15) is 4.39 Å². The molecule has 4 heteroatoms. The molecule has 0 aliphatic heterocycles. The molecule has 0 saturated heterocycles. The fraction of sp³-hybridized carbons (Fsp3) is 0.643. The lowest BCUT2D eigenvalue weighted by atomic mass is 10.2. The van der Waals surface area contributed by atoms with Crippen LogP contribution in [-0.4, -0.2) is 18.1 Å². The number of nitrogens with one attached hydrogen (secondary N) is 2. The molecule has 0 saturated carbocycles. The third-order valence-electron chi connectivity index (χ3n) is 2.51. The summed E-state index contributed by atoms with van der Waals surface area (Å²) in [5, 5.41) is 6.28. The van der Waals surface area contributed by atoms with Gasteiger partial charge in [-0.05, 0) is 24.4 Å². The van der Waals surface area contributed by atoms with Gasteiger partial charge in [0.2, 0.25) is 0 Å². The van der Waals surface area contributed by atoms with Gasteiger partial charge in [-0.3, -0.25) is 0 Å². The van der Waals surface area contributed by atoms with Gasteiger partial charge in [0.15, 0.2) is 11.6 Å². The highest BCUT2D eigenvalue weighted by Crippen LogP contribution is 2.15. The molecule has 1 rings (SSSR count). The summed E-state index contributed by atoms with van der Waals surface area (Å²) >= 11 is 0. The van der Waals surface area contributed by atoms with E-state index >= 15 is 0 Å². The molecule has 0 spiro atoms. The van der Waals surface area contributed by atoms with Crippen molar-refractivity contribution in [1.82, 2.24) is 10.3 Å². The van der Waals surface area contributed by atoms with Crippen molar-refractivity contribution in [3.05, 3.63) is 23.6 Å². The maximum absolute atomic E-state index is 14.1. The van der Waals surface area contributed by atoms with E-state index in [4.69, 9.17) is 0 Å². The molecule has 102 valence electrons. The Hall–Kier alpha value is -1.16. The summed E-state index contributed by atoms with van der Waals surface area (Å²) in [6, 6.07) is 1.73. The summed E-state index contributed by atoms with van der Waals surface area (Å²) in [6.45, 7) is 10.6. The highest BCUT2D eigenvalue weighted by molar-refractivity contribution is 5.39. The van der Waals surface area contributed by atoms with Crippen LogP contribution in [0.15, 0.2) is 12.3 Å². The smallest absolute Gasteiger partial charge is 0.169 e. The second-order valence-electron chi connectivity index (χ2n) is 5.43. The van der Waals surface area contributed by atoms with Crippen LogP contribution in [0.1, 0.15) is 33.3 Å². The summed E-state index contributed by atoms with van der Waals surface area (Å²) in [6.07, 6.45) is 1.65. The lowest BCUT2D eigenvalue weighted by molar-refractivity contribution is 0.533. The lowest BCUT2D eigenvalue weighted by Gasteiger charge is -2.12. The Balaban J connectivity index is 2.60. The third-order valence-corrected chi connectivity index (χ3v) is 2.51. The van der Waals surface area contributed by atoms with Crippen molar-refractivity contribution in [1.29, 1.82) is 0 Å². The van der Waals surface area contributed by atoms with Crippen LogP contribution in [0, 0.1) is 17.7 Å². The van der Waals surface area contributed by atoms with E-state index in [1.54, 1.807) is 12.3 Å².